The molecule has 4 heteroatoms. The van der Waals surface area contributed by atoms with E-state index in [2.05, 4.69) is 58.2 Å². The highest BCUT2D eigenvalue weighted by atomic mass is 15.4. The molecule has 1 aromatic heterocycles. The van der Waals surface area contributed by atoms with Crippen molar-refractivity contribution in [3.05, 3.63) is 47.0 Å². The van der Waals surface area contributed by atoms with E-state index < -0.39 is 0 Å². The molecule has 2 aromatic rings. The summed E-state index contributed by atoms with van der Waals surface area (Å²) >= 11 is 0. The lowest BCUT2D eigenvalue weighted by atomic mass is 9.96. The summed E-state index contributed by atoms with van der Waals surface area (Å²) in [6, 6.07) is 9.47. The number of rotatable bonds is 3. The number of hydrogen-bond donors (Lipinski definition) is 1. The van der Waals surface area contributed by atoms with Gasteiger partial charge in [0.25, 0.3) is 0 Å². The number of benzene rings is 1. The fraction of sp³-hybridized carbons (Fsp3) is 0.529. The van der Waals surface area contributed by atoms with E-state index in [1.165, 1.54) is 17.5 Å². The summed E-state index contributed by atoms with van der Waals surface area (Å²) in [4.78, 5) is 4.49. The van der Waals surface area contributed by atoms with Crippen LogP contribution in [0.15, 0.2) is 24.3 Å². The minimum Gasteiger partial charge on any atom is -0.308 e. The van der Waals surface area contributed by atoms with Gasteiger partial charge in [0.1, 0.15) is 11.6 Å². The zero-order chi connectivity index (χ0) is 14.8. The normalized spacial score (nSPS) is 21.9. The predicted molar refractivity (Wildman–Crippen MR) is 84.3 cm³/mol. The Labute approximate surface area is 126 Å². The van der Waals surface area contributed by atoms with Gasteiger partial charge in [-0.1, -0.05) is 31.2 Å². The maximum atomic E-state index is 4.65. The predicted octanol–water partition coefficient (Wildman–Crippen LogP) is 3.12. The molecule has 1 aliphatic rings. The summed E-state index contributed by atoms with van der Waals surface area (Å²) in [6.45, 7) is 7.16. The Balaban J connectivity index is 2.05. The van der Waals surface area contributed by atoms with E-state index >= 15 is 0 Å². The molecule has 0 saturated carbocycles. The monoisotopic (exact) mass is 284 g/mol. The molecular formula is C17H24N4. The average molecular weight is 284 g/mol. The average Bonchev–Trinajstić information content (AvgIpc) is 2.70. The molecule has 112 valence electrons. The van der Waals surface area contributed by atoms with Gasteiger partial charge < -0.3 is 5.32 Å². The van der Waals surface area contributed by atoms with Crippen molar-refractivity contribution in [2.45, 2.75) is 52.1 Å². The highest BCUT2D eigenvalue weighted by Gasteiger charge is 2.30. The zero-order valence-corrected chi connectivity index (χ0v) is 13.1. The van der Waals surface area contributed by atoms with Crippen LogP contribution in [0.2, 0.25) is 0 Å². The van der Waals surface area contributed by atoms with Crippen molar-refractivity contribution in [1.29, 1.82) is 0 Å². The van der Waals surface area contributed by atoms with Crippen LogP contribution in [-0.4, -0.2) is 21.3 Å². The maximum absolute atomic E-state index is 4.65. The van der Waals surface area contributed by atoms with Gasteiger partial charge in [0, 0.05) is 0 Å². The van der Waals surface area contributed by atoms with Gasteiger partial charge in [0.2, 0.25) is 0 Å². The minimum atomic E-state index is 0.313. The smallest absolute Gasteiger partial charge is 0.147 e. The standard InChI is InChI=1S/C17H24N4/c1-4-18-17-15-10-6-5-8-14(15)9-7-11-16(17)21-13(3)19-12(2)20-21/h5-6,8,10,16-18H,4,7,9,11H2,1-3H3. The van der Waals surface area contributed by atoms with Crippen LogP contribution < -0.4 is 5.32 Å². The molecule has 0 amide bonds. The van der Waals surface area contributed by atoms with E-state index in [0.717, 1.165) is 31.0 Å². The van der Waals surface area contributed by atoms with Crippen molar-refractivity contribution < 1.29 is 0 Å². The third kappa shape index (κ3) is 2.72. The van der Waals surface area contributed by atoms with E-state index in [1.807, 2.05) is 6.92 Å². The lowest BCUT2D eigenvalue weighted by Gasteiger charge is -2.28. The number of nitrogens with one attached hydrogen (secondary N) is 1. The number of aromatic nitrogens is 3. The number of nitrogens with zero attached hydrogens (tertiary/aromatic N) is 3. The van der Waals surface area contributed by atoms with Gasteiger partial charge in [-0.05, 0) is 50.8 Å². The molecule has 0 saturated heterocycles. The van der Waals surface area contributed by atoms with E-state index in [9.17, 15) is 0 Å². The number of hydrogen-bond acceptors (Lipinski definition) is 3. The molecule has 0 bridgehead atoms. The Morgan fingerprint density at radius 3 is 2.81 bits per heavy atom. The van der Waals surface area contributed by atoms with Gasteiger partial charge in [-0.25, -0.2) is 9.67 Å². The summed E-state index contributed by atoms with van der Waals surface area (Å²) in [7, 11) is 0. The lowest BCUT2D eigenvalue weighted by molar-refractivity contribution is 0.313. The number of fused-ring (bicyclic) bond motifs is 1. The first-order valence-corrected chi connectivity index (χ1v) is 7.91. The molecule has 0 spiro atoms. The second-order valence-electron chi connectivity index (χ2n) is 5.84. The third-order valence-corrected chi connectivity index (χ3v) is 4.37. The van der Waals surface area contributed by atoms with E-state index in [4.69, 9.17) is 0 Å². The van der Waals surface area contributed by atoms with Crippen molar-refractivity contribution >= 4 is 0 Å². The van der Waals surface area contributed by atoms with Crippen LogP contribution in [0.4, 0.5) is 0 Å². The minimum absolute atomic E-state index is 0.313. The Morgan fingerprint density at radius 2 is 2.10 bits per heavy atom. The van der Waals surface area contributed by atoms with E-state index in [1.54, 1.807) is 0 Å². The second kappa shape index (κ2) is 5.98. The Morgan fingerprint density at radius 1 is 1.29 bits per heavy atom. The van der Waals surface area contributed by atoms with Gasteiger partial charge in [-0.3, -0.25) is 0 Å². The maximum Gasteiger partial charge on any atom is 0.147 e. The topological polar surface area (TPSA) is 42.7 Å². The highest BCUT2D eigenvalue weighted by molar-refractivity contribution is 5.32. The molecule has 2 unspecified atom stereocenters. The van der Waals surface area contributed by atoms with Crippen molar-refractivity contribution in [3.8, 4) is 0 Å². The summed E-state index contributed by atoms with van der Waals surface area (Å²) in [5, 5.41) is 8.32. The van der Waals surface area contributed by atoms with Crippen molar-refractivity contribution in [1.82, 2.24) is 20.1 Å². The first kappa shape index (κ1) is 14.3. The number of aryl methyl sites for hydroxylation is 3. The van der Waals surface area contributed by atoms with Gasteiger partial charge in [-0.15, -0.1) is 0 Å². The van der Waals surface area contributed by atoms with Gasteiger partial charge in [0.05, 0.1) is 12.1 Å². The van der Waals surface area contributed by atoms with Crippen molar-refractivity contribution in [2.75, 3.05) is 6.54 Å². The van der Waals surface area contributed by atoms with Gasteiger partial charge in [0.15, 0.2) is 0 Å². The molecule has 0 aliphatic heterocycles. The summed E-state index contributed by atoms with van der Waals surface area (Å²) in [5.74, 6) is 1.88. The van der Waals surface area contributed by atoms with Crippen LogP contribution in [0.1, 0.15) is 54.6 Å². The van der Waals surface area contributed by atoms with Crippen LogP contribution in [0.5, 0.6) is 0 Å². The Hall–Kier alpha value is -1.68. The van der Waals surface area contributed by atoms with Crippen molar-refractivity contribution in [2.24, 2.45) is 0 Å². The number of likely N-dealkylation sites (N-methyl/N-ethyl adjacent to an activating group) is 1. The molecule has 1 aliphatic carbocycles. The zero-order valence-electron chi connectivity index (χ0n) is 13.1. The highest BCUT2D eigenvalue weighted by Crippen LogP contribution is 2.36. The van der Waals surface area contributed by atoms with Gasteiger partial charge in [-0.2, -0.15) is 5.10 Å². The fourth-order valence-electron chi connectivity index (χ4n) is 3.52. The third-order valence-electron chi connectivity index (χ3n) is 4.37. The first-order chi connectivity index (χ1) is 10.2. The molecule has 1 aromatic carbocycles. The van der Waals surface area contributed by atoms with E-state index in [-0.39, 0.29) is 0 Å². The Kier molecular flexibility index (Phi) is 4.06. The quantitative estimate of drug-likeness (QED) is 0.881. The van der Waals surface area contributed by atoms with Crippen LogP contribution in [0.25, 0.3) is 0 Å². The Bertz CT molecular complexity index is 617. The fourth-order valence-corrected chi connectivity index (χ4v) is 3.52. The van der Waals surface area contributed by atoms with Crippen LogP contribution in [-0.2, 0) is 6.42 Å². The molecule has 3 rings (SSSR count). The molecule has 0 radical (unpaired) electrons. The first-order valence-electron chi connectivity index (χ1n) is 7.91. The molecule has 1 N–H and O–H groups in total. The molecule has 21 heavy (non-hydrogen) atoms. The largest absolute Gasteiger partial charge is 0.308 e. The molecule has 1 heterocycles. The summed E-state index contributed by atoms with van der Waals surface area (Å²) in [6.07, 6.45) is 3.49. The SMILES string of the molecule is CCNC1c2ccccc2CCCC1n1nc(C)nc1C. The second-order valence-corrected chi connectivity index (χ2v) is 5.84. The van der Waals surface area contributed by atoms with Crippen LogP contribution >= 0.6 is 0 Å². The molecule has 0 fully saturated rings. The summed E-state index contributed by atoms with van der Waals surface area (Å²) < 4.78 is 2.13. The van der Waals surface area contributed by atoms with Gasteiger partial charge >= 0.3 is 0 Å². The molecule has 2 atom stereocenters. The van der Waals surface area contributed by atoms with Crippen molar-refractivity contribution in [3.63, 3.8) is 0 Å². The molecule has 4 nitrogen and oxygen atoms in total. The van der Waals surface area contributed by atoms with Crippen LogP contribution in [0.3, 0.4) is 0 Å². The van der Waals surface area contributed by atoms with E-state index in [0.29, 0.717) is 12.1 Å². The molecular weight excluding hydrogens is 260 g/mol. The summed E-state index contributed by atoms with van der Waals surface area (Å²) in [5.41, 5.74) is 2.90. The van der Waals surface area contributed by atoms with Crippen LogP contribution in [0, 0.1) is 13.8 Å². The lowest BCUT2D eigenvalue weighted by Crippen LogP contribution is -2.31.